The van der Waals surface area contributed by atoms with Crippen LogP contribution in [0.5, 0.6) is 0 Å². The maximum absolute atomic E-state index is 0. The van der Waals surface area contributed by atoms with Crippen LogP contribution in [0.25, 0.3) is 0 Å². The molecule has 3 heteroatoms. The van der Waals surface area contributed by atoms with Crippen LogP contribution < -0.4 is 0 Å². The molecule has 0 atom stereocenters. The Kier molecular flexibility index (Phi) is 502. The Morgan fingerprint density at radius 1 is 0.429 bits per heavy atom. The van der Waals surface area contributed by atoms with Gasteiger partial charge in [0.1, 0.15) is 0 Å². The van der Waals surface area contributed by atoms with Gasteiger partial charge in [0.25, 0.3) is 0 Å². The molecule has 0 aromatic carbocycles. The third kappa shape index (κ3) is 40.2. The molecule has 0 amide bonds. The van der Waals surface area contributed by atoms with Gasteiger partial charge >= 0.3 is 0 Å². The Morgan fingerprint density at radius 2 is 0.429 bits per heavy atom. The summed E-state index contributed by atoms with van der Waals surface area (Å²) in [7, 11) is 0. The van der Waals surface area contributed by atoms with Crippen molar-refractivity contribution in [2.45, 2.75) is 7.43 Å². The molecule has 0 heterocycles. The largest absolute Gasteiger partial charge is 0.358 e. The van der Waals surface area contributed by atoms with Gasteiger partial charge in [-0.2, -0.15) is 0 Å². The number of rotatable bonds is 0. The zero-order valence-corrected chi connectivity index (χ0v) is 10.9. The maximum atomic E-state index is 0. The summed E-state index contributed by atoms with van der Waals surface area (Å²) in [4.78, 5) is 0. The second-order valence-electron chi connectivity index (χ2n) is 0. The van der Waals surface area contributed by atoms with Crippen molar-refractivity contribution >= 4 is 0 Å². The molecule has 0 aliphatic rings. The van der Waals surface area contributed by atoms with Gasteiger partial charge in [-0.3, -0.25) is 0 Å². The zero-order chi connectivity index (χ0) is 0. The molecule has 0 aliphatic heterocycles. The summed E-state index contributed by atoms with van der Waals surface area (Å²) in [6.45, 7) is 0. The topological polar surface area (TPSA) is 0 Å². The molecule has 0 unspecified atom stereocenters. The van der Waals surface area contributed by atoms with E-state index in [2.05, 4.69) is 0 Å². The molecule has 0 nitrogen and oxygen atoms in total. The minimum Gasteiger partial charge on any atom is -0.358 e. The molecule has 0 saturated heterocycles. The molecule has 0 N–H and O–H groups in total. The SMILES string of the molecule is C.[CH3-].[CH3-].[CH3-].[Gd].[Gd].[Gd]. The third-order valence-electron chi connectivity index (χ3n) is 0. The van der Waals surface area contributed by atoms with E-state index < -0.39 is 0 Å². The first-order valence-corrected chi connectivity index (χ1v) is 0. The second-order valence-corrected chi connectivity index (χ2v) is 0. The Bertz CT molecular complexity index is 6.90. The summed E-state index contributed by atoms with van der Waals surface area (Å²) in [6, 6.07) is 0. The fraction of sp³-hybridized carbons (Fsp3) is 0.250. The fourth-order valence-electron chi connectivity index (χ4n) is 0. The molecular weight excluding hydrogens is 520 g/mol. The van der Waals surface area contributed by atoms with Crippen LogP contribution in [0.15, 0.2) is 0 Å². The summed E-state index contributed by atoms with van der Waals surface area (Å²) in [5.74, 6) is 0. The Morgan fingerprint density at radius 3 is 0.429 bits per heavy atom. The van der Waals surface area contributed by atoms with E-state index in [1.165, 1.54) is 0 Å². The summed E-state index contributed by atoms with van der Waals surface area (Å²) < 4.78 is 0. The normalized spacial score (nSPS) is 0. The molecule has 0 fully saturated rings. The van der Waals surface area contributed by atoms with E-state index in [-0.39, 0.29) is 150 Å². The van der Waals surface area contributed by atoms with Crippen molar-refractivity contribution in [2.24, 2.45) is 0 Å². The quantitative estimate of drug-likeness (QED) is 0.419. The molecule has 0 bridgehead atoms. The molecule has 0 rings (SSSR count). The van der Waals surface area contributed by atoms with Gasteiger partial charge in [-0.25, -0.2) is 0 Å². The second kappa shape index (κ2) is 50.9. The number of hydrogen-bond acceptors (Lipinski definition) is 0. The summed E-state index contributed by atoms with van der Waals surface area (Å²) >= 11 is 0. The Hall–Kier alpha value is 3.97. The van der Waals surface area contributed by atoms with E-state index in [0.29, 0.717) is 0 Å². The van der Waals surface area contributed by atoms with Gasteiger partial charge in [-0.15, -0.1) is 0 Å². The Balaban J connectivity index is 0. The van der Waals surface area contributed by atoms with Crippen molar-refractivity contribution in [3.05, 3.63) is 22.3 Å². The van der Waals surface area contributed by atoms with Crippen molar-refractivity contribution in [1.82, 2.24) is 0 Å². The van der Waals surface area contributed by atoms with Gasteiger partial charge in [0.05, 0.1) is 0 Å². The monoisotopic (exact) mass is 535 g/mol. The molecule has 0 saturated carbocycles. The maximum Gasteiger partial charge on any atom is 0 e. The fourth-order valence-corrected chi connectivity index (χ4v) is 0. The average molecular weight is 533 g/mol. The predicted molar refractivity (Wildman–Crippen MR) is 26.0 cm³/mol. The van der Waals surface area contributed by atoms with Crippen LogP contribution in [0.2, 0.25) is 0 Å². The van der Waals surface area contributed by atoms with Crippen LogP contribution in [0.3, 0.4) is 0 Å². The van der Waals surface area contributed by atoms with Crippen molar-refractivity contribution in [2.75, 3.05) is 0 Å². The van der Waals surface area contributed by atoms with E-state index in [1.807, 2.05) is 0 Å². The predicted octanol–water partition coefficient (Wildman–Crippen LogP) is 1.99. The van der Waals surface area contributed by atoms with E-state index in [9.17, 15) is 0 Å². The summed E-state index contributed by atoms with van der Waals surface area (Å²) in [5, 5.41) is 0. The first kappa shape index (κ1) is 69.1. The molecule has 0 aromatic heterocycles. The smallest absolute Gasteiger partial charge is 0 e. The standard InChI is InChI=1S/CH4.3CH3.3Gd/h1H4;3*1H3;;;/q;3*-1;;;. The van der Waals surface area contributed by atoms with Crippen LogP contribution in [-0.2, 0) is 0 Å². The van der Waals surface area contributed by atoms with Crippen molar-refractivity contribution in [1.29, 1.82) is 0 Å². The molecule has 0 aromatic rings. The minimum atomic E-state index is 0. The van der Waals surface area contributed by atoms with Crippen LogP contribution in [-0.4, -0.2) is 0 Å². The van der Waals surface area contributed by atoms with Gasteiger partial charge in [-0.05, 0) is 0 Å². The molecular formula is C4H13Gd3-3. The summed E-state index contributed by atoms with van der Waals surface area (Å²) in [6.07, 6.45) is 0. The van der Waals surface area contributed by atoms with E-state index in [4.69, 9.17) is 0 Å². The molecule has 56 valence electrons. The van der Waals surface area contributed by atoms with Gasteiger partial charge in [0.2, 0.25) is 0 Å². The Labute approximate surface area is 145 Å². The van der Waals surface area contributed by atoms with Crippen LogP contribution in [0.4, 0.5) is 0 Å². The molecule has 0 radical (unpaired) electrons. The van der Waals surface area contributed by atoms with E-state index >= 15 is 0 Å². The van der Waals surface area contributed by atoms with Gasteiger partial charge in [0.15, 0.2) is 0 Å². The van der Waals surface area contributed by atoms with Crippen LogP contribution in [0, 0.1) is 142 Å². The van der Waals surface area contributed by atoms with Crippen LogP contribution in [0.1, 0.15) is 7.43 Å². The van der Waals surface area contributed by atoms with Crippen molar-refractivity contribution in [3.8, 4) is 0 Å². The van der Waals surface area contributed by atoms with Crippen LogP contribution >= 0.6 is 0 Å². The first-order valence-electron chi connectivity index (χ1n) is 0. The van der Waals surface area contributed by atoms with E-state index in [0.717, 1.165) is 0 Å². The van der Waals surface area contributed by atoms with Gasteiger partial charge in [-0.1, -0.05) is 7.43 Å². The summed E-state index contributed by atoms with van der Waals surface area (Å²) in [5.41, 5.74) is 0. The van der Waals surface area contributed by atoms with Gasteiger partial charge < -0.3 is 22.3 Å². The number of hydrogen-bond donors (Lipinski definition) is 0. The first-order chi connectivity index (χ1) is 0. The van der Waals surface area contributed by atoms with Crippen molar-refractivity contribution < 1.29 is 120 Å². The minimum absolute atomic E-state index is 0. The van der Waals surface area contributed by atoms with E-state index in [1.54, 1.807) is 0 Å². The molecule has 7 heavy (non-hydrogen) atoms. The molecule has 0 aliphatic carbocycles. The average Bonchev–Trinajstić information content (AvgIpc) is 0. The van der Waals surface area contributed by atoms with Gasteiger partial charge in [0, 0.05) is 120 Å². The van der Waals surface area contributed by atoms with Crippen molar-refractivity contribution in [3.63, 3.8) is 0 Å². The zero-order valence-electron chi connectivity index (χ0n) is 4.06. The molecule has 0 spiro atoms. The third-order valence-corrected chi connectivity index (χ3v) is 0.